The van der Waals surface area contributed by atoms with Crippen LogP contribution in [0.5, 0.6) is 0 Å². The van der Waals surface area contributed by atoms with Crippen molar-refractivity contribution in [2.24, 2.45) is 0 Å². The Labute approximate surface area is 101 Å². The molecule has 1 aromatic heterocycles. The lowest BCUT2D eigenvalue weighted by Crippen LogP contribution is -2.23. The van der Waals surface area contributed by atoms with E-state index in [4.69, 9.17) is 0 Å². The summed E-state index contributed by atoms with van der Waals surface area (Å²) in [5.41, 5.74) is -0.236. The molecule has 0 bridgehead atoms. The van der Waals surface area contributed by atoms with E-state index in [-0.39, 0.29) is 17.4 Å². The van der Waals surface area contributed by atoms with Crippen LogP contribution in [0.2, 0.25) is 0 Å². The molecular formula is C12H11F2N3O. The number of hydrogen-bond acceptors (Lipinski definition) is 2. The van der Waals surface area contributed by atoms with Gasteiger partial charge in [0.25, 0.3) is 0 Å². The highest BCUT2D eigenvalue weighted by molar-refractivity contribution is 5.31. The van der Waals surface area contributed by atoms with E-state index in [0.29, 0.717) is 5.82 Å². The highest BCUT2D eigenvalue weighted by Crippen LogP contribution is 2.34. The Morgan fingerprint density at radius 2 is 1.83 bits per heavy atom. The fraction of sp³-hybridized carbons (Fsp3) is 0.333. The van der Waals surface area contributed by atoms with Gasteiger partial charge in [0.1, 0.15) is 17.5 Å². The van der Waals surface area contributed by atoms with Gasteiger partial charge in [-0.15, -0.1) is 0 Å². The molecule has 18 heavy (non-hydrogen) atoms. The van der Waals surface area contributed by atoms with Gasteiger partial charge in [0.15, 0.2) is 0 Å². The lowest BCUT2D eigenvalue weighted by atomic mass is 10.3. The Kier molecular flexibility index (Phi) is 2.33. The SMILES string of the molecule is Cc1nn(-c2cc(F)cc(F)c2)c(=O)n1C1CC1. The van der Waals surface area contributed by atoms with E-state index >= 15 is 0 Å². The van der Waals surface area contributed by atoms with Crippen molar-refractivity contribution >= 4 is 0 Å². The Bertz CT molecular complexity index is 650. The van der Waals surface area contributed by atoms with Crippen LogP contribution >= 0.6 is 0 Å². The predicted octanol–water partition coefficient (Wildman–Crippen LogP) is 1.96. The third-order valence-electron chi connectivity index (χ3n) is 2.98. The zero-order valence-corrected chi connectivity index (χ0v) is 9.73. The largest absolute Gasteiger partial charge is 0.350 e. The van der Waals surface area contributed by atoms with E-state index in [9.17, 15) is 13.6 Å². The molecule has 0 N–H and O–H groups in total. The Morgan fingerprint density at radius 1 is 1.22 bits per heavy atom. The number of rotatable bonds is 2. The lowest BCUT2D eigenvalue weighted by Gasteiger charge is -2.00. The van der Waals surface area contributed by atoms with E-state index in [0.717, 1.165) is 35.7 Å². The predicted molar refractivity (Wildman–Crippen MR) is 60.7 cm³/mol. The minimum Gasteiger partial charge on any atom is -0.276 e. The summed E-state index contributed by atoms with van der Waals surface area (Å²) in [7, 11) is 0. The summed E-state index contributed by atoms with van der Waals surface area (Å²) < 4.78 is 28.9. The maximum absolute atomic E-state index is 13.1. The average Bonchev–Trinajstić information content (AvgIpc) is 3.04. The van der Waals surface area contributed by atoms with E-state index in [1.54, 1.807) is 11.5 Å². The molecule has 6 heteroatoms. The summed E-state index contributed by atoms with van der Waals surface area (Å²) in [5, 5.41) is 4.06. The zero-order valence-electron chi connectivity index (χ0n) is 9.73. The van der Waals surface area contributed by atoms with Gasteiger partial charge in [-0.05, 0) is 31.9 Å². The molecule has 0 spiro atoms. The molecule has 1 aliphatic rings. The molecule has 0 aliphatic heterocycles. The van der Waals surface area contributed by atoms with Gasteiger partial charge in [-0.1, -0.05) is 0 Å². The molecule has 94 valence electrons. The molecule has 1 aromatic carbocycles. The molecule has 0 saturated heterocycles. The molecule has 3 rings (SSSR count). The molecule has 0 unspecified atom stereocenters. The number of benzene rings is 1. The van der Waals surface area contributed by atoms with Gasteiger partial charge < -0.3 is 0 Å². The summed E-state index contributed by atoms with van der Waals surface area (Å²) >= 11 is 0. The van der Waals surface area contributed by atoms with Gasteiger partial charge in [-0.3, -0.25) is 4.57 Å². The molecule has 0 amide bonds. The summed E-state index contributed by atoms with van der Waals surface area (Å²) in [4.78, 5) is 12.1. The smallest absolute Gasteiger partial charge is 0.276 e. The monoisotopic (exact) mass is 251 g/mol. The fourth-order valence-corrected chi connectivity index (χ4v) is 2.06. The van der Waals surface area contributed by atoms with Crippen molar-refractivity contribution in [3.8, 4) is 5.69 Å². The quantitative estimate of drug-likeness (QED) is 0.818. The topological polar surface area (TPSA) is 39.8 Å². The number of halogens is 2. The van der Waals surface area contributed by atoms with Crippen molar-refractivity contribution in [3.05, 3.63) is 46.1 Å². The van der Waals surface area contributed by atoms with Crippen LogP contribution in [-0.4, -0.2) is 14.3 Å². The van der Waals surface area contributed by atoms with Crippen molar-refractivity contribution in [1.82, 2.24) is 14.3 Å². The van der Waals surface area contributed by atoms with Crippen molar-refractivity contribution < 1.29 is 8.78 Å². The Morgan fingerprint density at radius 3 is 2.39 bits per heavy atom. The first kappa shape index (κ1) is 11.1. The normalized spacial score (nSPS) is 15.1. The molecule has 1 heterocycles. The van der Waals surface area contributed by atoms with E-state index in [1.165, 1.54) is 0 Å². The second kappa shape index (κ2) is 3.76. The standard InChI is InChI=1S/C12H11F2N3O/c1-7-15-17(12(18)16(7)10-2-3-10)11-5-8(13)4-9(14)6-11/h4-6,10H,2-3H2,1H3. The third-order valence-corrected chi connectivity index (χ3v) is 2.98. The van der Waals surface area contributed by atoms with Gasteiger partial charge in [0.2, 0.25) is 0 Å². The summed E-state index contributed by atoms with van der Waals surface area (Å²) in [6.45, 7) is 1.71. The first-order chi connectivity index (χ1) is 8.56. The van der Waals surface area contributed by atoms with Gasteiger partial charge in [0.05, 0.1) is 5.69 Å². The van der Waals surface area contributed by atoms with E-state index in [1.807, 2.05) is 0 Å². The molecule has 1 saturated carbocycles. The van der Waals surface area contributed by atoms with E-state index < -0.39 is 11.6 Å². The second-order valence-electron chi connectivity index (χ2n) is 4.47. The van der Waals surface area contributed by atoms with Crippen LogP contribution in [0.3, 0.4) is 0 Å². The van der Waals surface area contributed by atoms with Gasteiger partial charge in [0, 0.05) is 12.1 Å². The number of nitrogens with zero attached hydrogens (tertiary/aromatic N) is 3. The molecule has 1 aliphatic carbocycles. The molecule has 4 nitrogen and oxygen atoms in total. The first-order valence-electron chi connectivity index (χ1n) is 5.71. The Hall–Kier alpha value is -1.98. The zero-order chi connectivity index (χ0) is 12.9. The minimum atomic E-state index is -0.726. The molecule has 1 fully saturated rings. The van der Waals surface area contributed by atoms with Crippen LogP contribution in [-0.2, 0) is 0 Å². The van der Waals surface area contributed by atoms with Crippen molar-refractivity contribution in [3.63, 3.8) is 0 Å². The van der Waals surface area contributed by atoms with Gasteiger partial charge in [-0.2, -0.15) is 9.78 Å². The third kappa shape index (κ3) is 1.73. The summed E-state index contributed by atoms with van der Waals surface area (Å²) in [5.74, 6) is -0.891. The van der Waals surface area contributed by atoms with Crippen LogP contribution in [0.4, 0.5) is 8.78 Å². The van der Waals surface area contributed by atoms with Crippen LogP contribution in [0.15, 0.2) is 23.0 Å². The Balaban J connectivity index is 2.17. The molecule has 0 radical (unpaired) electrons. The number of aromatic nitrogens is 3. The lowest BCUT2D eigenvalue weighted by molar-refractivity contribution is 0.579. The number of aryl methyl sites for hydroxylation is 1. The van der Waals surface area contributed by atoms with Gasteiger partial charge in [-0.25, -0.2) is 13.6 Å². The van der Waals surface area contributed by atoms with E-state index in [2.05, 4.69) is 5.10 Å². The van der Waals surface area contributed by atoms with Crippen LogP contribution < -0.4 is 5.69 Å². The molecule has 2 aromatic rings. The molecular weight excluding hydrogens is 240 g/mol. The molecule has 0 atom stereocenters. The van der Waals surface area contributed by atoms with Crippen LogP contribution in [0.1, 0.15) is 24.7 Å². The van der Waals surface area contributed by atoms with Gasteiger partial charge >= 0.3 is 5.69 Å². The van der Waals surface area contributed by atoms with Crippen molar-refractivity contribution in [1.29, 1.82) is 0 Å². The van der Waals surface area contributed by atoms with Crippen LogP contribution in [0.25, 0.3) is 5.69 Å². The maximum Gasteiger partial charge on any atom is 0.350 e. The highest BCUT2D eigenvalue weighted by atomic mass is 19.1. The van der Waals surface area contributed by atoms with Crippen LogP contribution in [0, 0.1) is 18.6 Å². The summed E-state index contributed by atoms with van der Waals surface area (Å²) in [6, 6.07) is 3.13. The maximum atomic E-state index is 13.1. The average molecular weight is 251 g/mol. The second-order valence-corrected chi connectivity index (χ2v) is 4.47. The fourth-order valence-electron chi connectivity index (χ4n) is 2.06. The van der Waals surface area contributed by atoms with Crippen molar-refractivity contribution in [2.75, 3.05) is 0 Å². The van der Waals surface area contributed by atoms with Crippen molar-refractivity contribution in [2.45, 2.75) is 25.8 Å². The minimum absolute atomic E-state index is 0.111. The summed E-state index contributed by atoms with van der Waals surface area (Å²) in [6.07, 6.45) is 1.90. The number of hydrogen-bond donors (Lipinski definition) is 0. The highest BCUT2D eigenvalue weighted by Gasteiger charge is 2.28. The first-order valence-corrected chi connectivity index (χ1v) is 5.71.